The van der Waals surface area contributed by atoms with Crippen LogP contribution in [0.15, 0.2) is 30.3 Å². The van der Waals surface area contributed by atoms with Gasteiger partial charge in [-0.3, -0.25) is 4.79 Å². The van der Waals surface area contributed by atoms with Crippen molar-refractivity contribution < 1.29 is 13.9 Å². The van der Waals surface area contributed by atoms with Crippen LogP contribution in [0.4, 0.5) is 4.39 Å². The SMILES string of the molecule is CCc1cccc(CC(=O)NC)c1COc1cc(C)c(C)cc1F. The molecule has 2 aromatic rings. The molecule has 0 saturated carbocycles. The second-order valence-corrected chi connectivity index (χ2v) is 5.91. The summed E-state index contributed by atoms with van der Waals surface area (Å²) in [7, 11) is 1.62. The van der Waals surface area contributed by atoms with E-state index in [2.05, 4.69) is 12.2 Å². The summed E-state index contributed by atoms with van der Waals surface area (Å²) in [4.78, 5) is 11.7. The lowest BCUT2D eigenvalue weighted by Gasteiger charge is -2.16. The summed E-state index contributed by atoms with van der Waals surface area (Å²) in [5, 5.41) is 2.63. The largest absolute Gasteiger partial charge is 0.486 e. The first-order valence-corrected chi connectivity index (χ1v) is 8.16. The number of rotatable bonds is 6. The molecule has 0 unspecified atom stereocenters. The minimum atomic E-state index is -0.361. The van der Waals surface area contributed by atoms with Crippen LogP contribution in [0.5, 0.6) is 5.75 Å². The van der Waals surface area contributed by atoms with Gasteiger partial charge in [-0.05, 0) is 60.2 Å². The third kappa shape index (κ3) is 4.13. The van der Waals surface area contributed by atoms with Gasteiger partial charge in [0.05, 0.1) is 6.42 Å². The first-order chi connectivity index (χ1) is 11.5. The molecule has 1 amide bonds. The molecule has 1 N–H and O–H groups in total. The van der Waals surface area contributed by atoms with Gasteiger partial charge in [-0.1, -0.05) is 25.1 Å². The molecule has 2 aromatic carbocycles. The Hall–Kier alpha value is -2.36. The lowest BCUT2D eigenvalue weighted by molar-refractivity contribution is -0.119. The Balaban J connectivity index is 2.28. The maximum atomic E-state index is 14.1. The summed E-state index contributed by atoms with van der Waals surface area (Å²) in [6, 6.07) is 9.09. The van der Waals surface area contributed by atoms with Gasteiger partial charge in [0, 0.05) is 7.05 Å². The minimum absolute atomic E-state index is 0.0538. The van der Waals surface area contributed by atoms with Crippen molar-refractivity contribution in [2.24, 2.45) is 0 Å². The summed E-state index contributed by atoms with van der Waals surface area (Å²) < 4.78 is 19.8. The molecule has 0 heterocycles. The molecule has 0 aliphatic heterocycles. The molecule has 0 radical (unpaired) electrons. The van der Waals surface area contributed by atoms with E-state index in [1.54, 1.807) is 13.1 Å². The summed E-state index contributed by atoms with van der Waals surface area (Å²) in [5.41, 5.74) is 4.87. The average molecular weight is 329 g/mol. The van der Waals surface area contributed by atoms with Crippen LogP contribution in [0.1, 0.15) is 34.7 Å². The van der Waals surface area contributed by atoms with E-state index in [1.165, 1.54) is 6.07 Å². The van der Waals surface area contributed by atoms with Crippen molar-refractivity contribution in [2.45, 2.75) is 40.2 Å². The monoisotopic (exact) mass is 329 g/mol. The highest BCUT2D eigenvalue weighted by molar-refractivity contribution is 5.78. The topological polar surface area (TPSA) is 38.3 Å². The maximum absolute atomic E-state index is 14.1. The lowest BCUT2D eigenvalue weighted by Crippen LogP contribution is -2.21. The summed E-state index contributed by atoms with van der Waals surface area (Å²) >= 11 is 0. The number of hydrogen-bond acceptors (Lipinski definition) is 2. The predicted molar refractivity (Wildman–Crippen MR) is 93.8 cm³/mol. The van der Waals surface area contributed by atoms with E-state index >= 15 is 0 Å². The zero-order chi connectivity index (χ0) is 17.7. The number of benzene rings is 2. The van der Waals surface area contributed by atoms with Gasteiger partial charge in [0.25, 0.3) is 0 Å². The third-order valence-corrected chi connectivity index (χ3v) is 4.30. The molecule has 128 valence electrons. The fourth-order valence-corrected chi connectivity index (χ4v) is 2.65. The smallest absolute Gasteiger partial charge is 0.224 e. The lowest BCUT2D eigenvalue weighted by atomic mass is 9.97. The number of ether oxygens (including phenoxy) is 1. The number of nitrogens with one attached hydrogen (secondary N) is 1. The van der Waals surface area contributed by atoms with Gasteiger partial charge in [0.15, 0.2) is 11.6 Å². The van der Waals surface area contributed by atoms with Crippen molar-refractivity contribution in [1.29, 1.82) is 0 Å². The second kappa shape index (κ2) is 7.95. The van der Waals surface area contributed by atoms with Crippen LogP contribution in [-0.4, -0.2) is 13.0 Å². The van der Waals surface area contributed by atoms with Crippen LogP contribution < -0.4 is 10.1 Å². The molecule has 0 aliphatic carbocycles. The molecule has 0 aliphatic rings. The van der Waals surface area contributed by atoms with E-state index in [1.807, 2.05) is 32.0 Å². The molecular weight excluding hydrogens is 305 g/mol. The Morgan fingerprint density at radius 2 is 1.83 bits per heavy atom. The van der Waals surface area contributed by atoms with Gasteiger partial charge in [-0.2, -0.15) is 0 Å². The van der Waals surface area contributed by atoms with Crippen molar-refractivity contribution in [1.82, 2.24) is 5.32 Å². The maximum Gasteiger partial charge on any atom is 0.224 e. The van der Waals surface area contributed by atoms with Crippen molar-refractivity contribution in [3.05, 3.63) is 64.0 Å². The standard InChI is InChI=1S/C20H24FNO2/c1-5-15-7-6-8-16(11-20(23)22-4)17(15)12-24-19-10-14(3)13(2)9-18(19)21/h6-10H,5,11-12H2,1-4H3,(H,22,23). The van der Waals surface area contributed by atoms with Crippen LogP contribution in [0.2, 0.25) is 0 Å². The highest BCUT2D eigenvalue weighted by atomic mass is 19.1. The molecule has 0 saturated heterocycles. The van der Waals surface area contributed by atoms with E-state index in [9.17, 15) is 9.18 Å². The third-order valence-electron chi connectivity index (χ3n) is 4.30. The fraction of sp³-hybridized carbons (Fsp3) is 0.350. The van der Waals surface area contributed by atoms with Crippen molar-refractivity contribution in [2.75, 3.05) is 7.05 Å². The van der Waals surface area contributed by atoms with Crippen LogP contribution in [0.3, 0.4) is 0 Å². The van der Waals surface area contributed by atoms with Gasteiger partial charge < -0.3 is 10.1 Å². The summed E-state index contributed by atoms with van der Waals surface area (Å²) in [6.07, 6.45) is 1.12. The molecule has 4 heteroatoms. The molecule has 2 rings (SSSR count). The van der Waals surface area contributed by atoms with Gasteiger partial charge in [0.2, 0.25) is 5.91 Å². The number of carbonyl (C=O) groups is 1. The first-order valence-electron chi connectivity index (χ1n) is 8.16. The summed E-state index contributed by atoms with van der Waals surface area (Å²) in [6.45, 7) is 6.10. The van der Waals surface area contributed by atoms with Crippen LogP contribution >= 0.6 is 0 Å². The first kappa shape index (κ1) is 18.0. The second-order valence-electron chi connectivity index (χ2n) is 5.91. The van der Waals surface area contributed by atoms with Gasteiger partial charge in [0.1, 0.15) is 6.61 Å². The molecule has 0 aromatic heterocycles. The van der Waals surface area contributed by atoms with Gasteiger partial charge in [-0.25, -0.2) is 4.39 Å². The normalized spacial score (nSPS) is 10.5. The number of hydrogen-bond donors (Lipinski definition) is 1. The number of carbonyl (C=O) groups excluding carboxylic acids is 1. The zero-order valence-electron chi connectivity index (χ0n) is 14.7. The fourth-order valence-electron chi connectivity index (χ4n) is 2.65. The molecule has 0 spiro atoms. The number of likely N-dealkylation sites (N-methyl/N-ethyl adjacent to an activating group) is 1. The molecule has 0 bridgehead atoms. The molecule has 0 atom stereocenters. The average Bonchev–Trinajstić information content (AvgIpc) is 2.57. The highest BCUT2D eigenvalue weighted by Crippen LogP contribution is 2.24. The van der Waals surface area contributed by atoms with E-state index in [4.69, 9.17) is 4.74 Å². The van der Waals surface area contributed by atoms with E-state index in [0.717, 1.165) is 34.2 Å². The number of halogens is 1. The van der Waals surface area contributed by atoms with Crippen LogP contribution in [0.25, 0.3) is 0 Å². The number of amides is 1. The Labute approximate surface area is 142 Å². The molecular formula is C20H24FNO2. The van der Waals surface area contributed by atoms with Crippen LogP contribution in [0, 0.1) is 19.7 Å². The van der Waals surface area contributed by atoms with Crippen molar-refractivity contribution in [3.63, 3.8) is 0 Å². The van der Waals surface area contributed by atoms with Crippen molar-refractivity contribution >= 4 is 5.91 Å². The minimum Gasteiger partial charge on any atom is -0.486 e. The summed E-state index contributed by atoms with van der Waals surface area (Å²) in [5.74, 6) is -0.170. The quantitative estimate of drug-likeness (QED) is 0.873. The van der Waals surface area contributed by atoms with Gasteiger partial charge in [-0.15, -0.1) is 0 Å². The Morgan fingerprint density at radius 3 is 2.50 bits per heavy atom. The highest BCUT2D eigenvalue weighted by Gasteiger charge is 2.13. The predicted octanol–water partition coefficient (Wildman–Crippen LogP) is 3.87. The van der Waals surface area contributed by atoms with E-state index < -0.39 is 0 Å². The van der Waals surface area contributed by atoms with E-state index in [-0.39, 0.29) is 24.1 Å². The number of aryl methyl sites for hydroxylation is 3. The molecule has 3 nitrogen and oxygen atoms in total. The van der Waals surface area contributed by atoms with Gasteiger partial charge >= 0.3 is 0 Å². The Kier molecular flexibility index (Phi) is 5.96. The van der Waals surface area contributed by atoms with E-state index in [0.29, 0.717) is 6.42 Å². The van der Waals surface area contributed by atoms with Crippen molar-refractivity contribution in [3.8, 4) is 5.75 Å². The zero-order valence-corrected chi connectivity index (χ0v) is 14.7. The van der Waals surface area contributed by atoms with Crippen LogP contribution in [-0.2, 0) is 24.2 Å². The Morgan fingerprint density at radius 1 is 1.17 bits per heavy atom. The molecule has 24 heavy (non-hydrogen) atoms. The molecule has 0 fully saturated rings. The Bertz CT molecular complexity index is 741.